The second-order valence-electron chi connectivity index (χ2n) is 6.81. The second-order valence-corrected chi connectivity index (χ2v) is 6.81. The molecule has 0 radical (unpaired) electrons. The lowest BCUT2D eigenvalue weighted by Crippen LogP contribution is -2.47. The van der Waals surface area contributed by atoms with E-state index in [2.05, 4.69) is 5.10 Å². The predicted molar refractivity (Wildman–Crippen MR) is 86.9 cm³/mol. The van der Waals surface area contributed by atoms with Crippen LogP contribution in [0.4, 0.5) is 10.6 Å². The maximum Gasteiger partial charge on any atom is 0.328 e. The molecule has 9 nitrogen and oxygen atoms in total. The summed E-state index contributed by atoms with van der Waals surface area (Å²) in [6, 6.07) is 0.214. The topological polar surface area (TPSA) is 88.0 Å². The largest absolute Gasteiger partial charge is 0.380 e. The highest BCUT2D eigenvalue weighted by Crippen LogP contribution is 2.33. The zero-order valence-electron chi connectivity index (χ0n) is 14.5. The molecular formula is C16H21N5O4. The Bertz CT molecular complexity index is 736. The van der Waals surface area contributed by atoms with E-state index >= 15 is 0 Å². The van der Waals surface area contributed by atoms with Crippen LogP contribution in [-0.4, -0.2) is 75.8 Å². The summed E-state index contributed by atoms with van der Waals surface area (Å²) in [5.41, 5.74) is 0.813. The lowest BCUT2D eigenvalue weighted by molar-refractivity contribution is -0.134. The number of aromatic nitrogens is 2. The molecule has 3 saturated heterocycles. The van der Waals surface area contributed by atoms with Gasteiger partial charge in [0.05, 0.1) is 11.8 Å². The van der Waals surface area contributed by atoms with Crippen molar-refractivity contribution in [2.45, 2.75) is 38.0 Å². The van der Waals surface area contributed by atoms with Gasteiger partial charge in [-0.1, -0.05) is 0 Å². The first-order chi connectivity index (χ1) is 11.9. The molecule has 0 spiro atoms. The van der Waals surface area contributed by atoms with Crippen LogP contribution in [0.25, 0.3) is 0 Å². The van der Waals surface area contributed by atoms with Crippen molar-refractivity contribution in [2.24, 2.45) is 7.05 Å². The van der Waals surface area contributed by atoms with Gasteiger partial charge in [-0.3, -0.25) is 19.2 Å². The van der Waals surface area contributed by atoms with Gasteiger partial charge in [0.2, 0.25) is 0 Å². The summed E-state index contributed by atoms with van der Waals surface area (Å²) >= 11 is 0. The fourth-order valence-electron chi connectivity index (χ4n) is 4.08. The highest BCUT2D eigenvalue weighted by Gasteiger charge is 2.55. The smallest absolute Gasteiger partial charge is 0.328 e. The van der Waals surface area contributed by atoms with Gasteiger partial charge in [0, 0.05) is 39.7 Å². The van der Waals surface area contributed by atoms with Gasteiger partial charge in [0.1, 0.15) is 17.9 Å². The molecule has 3 fully saturated rings. The van der Waals surface area contributed by atoms with Gasteiger partial charge in [-0.2, -0.15) is 5.10 Å². The molecule has 3 aliphatic heterocycles. The number of carbonyl (C=O) groups excluding carboxylic acids is 3. The Hall–Kier alpha value is -2.42. The third-order valence-electron chi connectivity index (χ3n) is 5.31. The SMILES string of the molecule is CO[C@@H]1C[C@@H]2C(=O)N([C@@H]3CCN(c4cc(C)nn4C)C3=O)C(=O)N2C1. The second kappa shape index (κ2) is 5.55. The number of carbonyl (C=O) groups is 3. The van der Waals surface area contributed by atoms with Gasteiger partial charge in [0.15, 0.2) is 0 Å². The van der Waals surface area contributed by atoms with E-state index < -0.39 is 12.1 Å². The molecule has 3 atom stereocenters. The number of ether oxygens (including phenoxy) is 1. The van der Waals surface area contributed by atoms with Crippen molar-refractivity contribution < 1.29 is 19.1 Å². The first-order valence-electron chi connectivity index (χ1n) is 8.41. The zero-order valence-corrected chi connectivity index (χ0v) is 14.5. The molecule has 0 N–H and O–H groups in total. The van der Waals surface area contributed by atoms with Crippen LogP contribution < -0.4 is 4.90 Å². The summed E-state index contributed by atoms with van der Waals surface area (Å²) in [4.78, 5) is 42.6. The molecule has 1 aromatic rings. The molecule has 4 amide bonds. The van der Waals surface area contributed by atoms with E-state index in [-0.39, 0.29) is 23.9 Å². The fourth-order valence-corrected chi connectivity index (χ4v) is 4.08. The first kappa shape index (κ1) is 16.1. The molecule has 134 valence electrons. The lowest BCUT2D eigenvalue weighted by atomic mass is 10.1. The monoisotopic (exact) mass is 347 g/mol. The molecule has 3 aliphatic rings. The molecule has 4 rings (SSSR count). The van der Waals surface area contributed by atoms with Gasteiger partial charge in [-0.15, -0.1) is 0 Å². The average molecular weight is 347 g/mol. The highest BCUT2D eigenvalue weighted by atomic mass is 16.5. The molecule has 0 unspecified atom stereocenters. The summed E-state index contributed by atoms with van der Waals surface area (Å²) in [6.45, 7) is 2.72. The van der Waals surface area contributed by atoms with Gasteiger partial charge in [-0.05, 0) is 13.3 Å². The van der Waals surface area contributed by atoms with Crippen molar-refractivity contribution in [3.63, 3.8) is 0 Å². The number of hydrogen-bond donors (Lipinski definition) is 0. The third-order valence-corrected chi connectivity index (χ3v) is 5.31. The quantitative estimate of drug-likeness (QED) is 0.712. The molecule has 4 heterocycles. The molecule has 0 aliphatic carbocycles. The van der Waals surface area contributed by atoms with Gasteiger partial charge < -0.3 is 9.64 Å². The fraction of sp³-hybridized carbons (Fsp3) is 0.625. The summed E-state index contributed by atoms with van der Waals surface area (Å²) in [7, 11) is 3.35. The number of hydrogen-bond acceptors (Lipinski definition) is 5. The number of aryl methyl sites for hydroxylation is 2. The number of anilines is 1. The van der Waals surface area contributed by atoms with Gasteiger partial charge >= 0.3 is 6.03 Å². The Morgan fingerprint density at radius 3 is 2.56 bits per heavy atom. The van der Waals surface area contributed by atoms with Crippen LogP contribution in [0.5, 0.6) is 0 Å². The average Bonchev–Trinajstić information content (AvgIpc) is 3.28. The Morgan fingerprint density at radius 1 is 1.20 bits per heavy atom. The number of nitrogens with zero attached hydrogens (tertiary/aromatic N) is 5. The molecule has 0 aromatic carbocycles. The van der Waals surface area contributed by atoms with E-state index in [4.69, 9.17) is 4.74 Å². The van der Waals surface area contributed by atoms with Crippen molar-refractivity contribution in [2.75, 3.05) is 25.1 Å². The van der Waals surface area contributed by atoms with Crippen LogP contribution >= 0.6 is 0 Å². The Balaban J connectivity index is 1.56. The molecule has 1 aromatic heterocycles. The first-order valence-corrected chi connectivity index (χ1v) is 8.41. The molecule has 0 saturated carbocycles. The maximum atomic E-state index is 12.9. The summed E-state index contributed by atoms with van der Waals surface area (Å²) < 4.78 is 6.91. The van der Waals surface area contributed by atoms with Gasteiger partial charge in [-0.25, -0.2) is 9.69 Å². The Kier molecular flexibility index (Phi) is 3.57. The van der Waals surface area contributed by atoms with Crippen LogP contribution in [0.2, 0.25) is 0 Å². The molecular weight excluding hydrogens is 326 g/mol. The van der Waals surface area contributed by atoms with Crippen molar-refractivity contribution in [1.82, 2.24) is 19.6 Å². The van der Waals surface area contributed by atoms with Crippen LogP contribution in [0, 0.1) is 6.92 Å². The summed E-state index contributed by atoms with van der Waals surface area (Å²) in [5.74, 6) is 0.171. The number of imide groups is 1. The van der Waals surface area contributed by atoms with E-state index in [1.807, 2.05) is 13.0 Å². The number of fused-ring (bicyclic) bond motifs is 1. The van der Waals surface area contributed by atoms with Crippen molar-refractivity contribution >= 4 is 23.7 Å². The van der Waals surface area contributed by atoms with Crippen LogP contribution in [0.15, 0.2) is 6.07 Å². The summed E-state index contributed by atoms with van der Waals surface area (Å²) in [5, 5.41) is 4.26. The van der Waals surface area contributed by atoms with E-state index in [0.717, 1.165) is 10.6 Å². The normalized spacial score (nSPS) is 29.3. The van der Waals surface area contributed by atoms with Crippen molar-refractivity contribution in [3.8, 4) is 0 Å². The van der Waals surface area contributed by atoms with Crippen molar-refractivity contribution in [3.05, 3.63) is 11.8 Å². The minimum Gasteiger partial charge on any atom is -0.380 e. The van der Waals surface area contributed by atoms with Crippen LogP contribution in [-0.2, 0) is 21.4 Å². The van der Waals surface area contributed by atoms with E-state index in [0.29, 0.717) is 31.7 Å². The summed E-state index contributed by atoms with van der Waals surface area (Å²) in [6.07, 6.45) is 0.811. The van der Waals surface area contributed by atoms with E-state index in [1.54, 1.807) is 23.7 Å². The minimum atomic E-state index is -0.734. The van der Waals surface area contributed by atoms with Gasteiger partial charge in [0.25, 0.3) is 11.8 Å². The Morgan fingerprint density at radius 2 is 1.96 bits per heavy atom. The number of methoxy groups -OCH3 is 1. The molecule has 25 heavy (non-hydrogen) atoms. The van der Waals surface area contributed by atoms with Crippen LogP contribution in [0.1, 0.15) is 18.5 Å². The van der Waals surface area contributed by atoms with E-state index in [1.165, 1.54) is 4.90 Å². The van der Waals surface area contributed by atoms with Crippen LogP contribution in [0.3, 0.4) is 0 Å². The van der Waals surface area contributed by atoms with E-state index in [9.17, 15) is 14.4 Å². The number of amides is 4. The van der Waals surface area contributed by atoms with Crippen molar-refractivity contribution in [1.29, 1.82) is 0 Å². The maximum absolute atomic E-state index is 12.9. The Labute approximate surface area is 145 Å². The zero-order chi connectivity index (χ0) is 17.9. The standard InChI is InChI=1S/C16H21N5O4/c1-9-6-13(18(2)17-9)19-5-4-11(14(19)22)21-15(23)12-7-10(25-3)8-20(12)16(21)24/h6,10-12H,4-5,7-8H2,1-3H3/t10-,11-,12-/m1/s1. The minimum absolute atomic E-state index is 0.117. The highest BCUT2D eigenvalue weighted by molar-refractivity contribution is 6.10. The third kappa shape index (κ3) is 2.25. The molecule has 0 bridgehead atoms. The lowest BCUT2D eigenvalue weighted by Gasteiger charge is -2.23. The number of urea groups is 1. The number of rotatable bonds is 3. The predicted octanol–water partition coefficient (Wildman–Crippen LogP) is -0.115. The molecule has 9 heteroatoms.